The van der Waals surface area contributed by atoms with E-state index >= 15 is 0 Å². The fourth-order valence-electron chi connectivity index (χ4n) is 2.92. The molecule has 8 heteroatoms. The molecule has 0 saturated carbocycles. The molecule has 0 aromatic heterocycles. The Labute approximate surface area is 168 Å². The Hall–Kier alpha value is -3.42. The number of carbonyl (C=O) groups is 2. The lowest BCUT2D eigenvalue weighted by Crippen LogP contribution is -2.31. The van der Waals surface area contributed by atoms with Crippen molar-refractivity contribution in [2.24, 2.45) is 0 Å². The van der Waals surface area contributed by atoms with E-state index in [-0.39, 0.29) is 11.6 Å². The van der Waals surface area contributed by atoms with Crippen molar-refractivity contribution in [3.8, 4) is 23.0 Å². The molecule has 0 aliphatic carbocycles. The van der Waals surface area contributed by atoms with Gasteiger partial charge in [-0.05, 0) is 43.3 Å². The Balaban J connectivity index is 1.57. The van der Waals surface area contributed by atoms with Gasteiger partial charge in [0.05, 0.1) is 25.8 Å². The summed E-state index contributed by atoms with van der Waals surface area (Å²) in [4.78, 5) is 24.5. The van der Waals surface area contributed by atoms with E-state index in [2.05, 4.69) is 5.32 Å². The third kappa shape index (κ3) is 4.90. The summed E-state index contributed by atoms with van der Waals surface area (Å²) < 4.78 is 26.5. The van der Waals surface area contributed by atoms with Crippen LogP contribution in [0.25, 0.3) is 0 Å². The maximum atomic E-state index is 12.2. The van der Waals surface area contributed by atoms with E-state index in [1.807, 2.05) is 0 Å². The quantitative estimate of drug-likeness (QED) is 0.713. The summed E-state index contributed by atoms with van der Waals surface area (Å²) in [5.74, 6) is 1.26. The predicted molar refractivity (Wildman–Crippen MR) is 104 cm³/mol. The predicted octanol–water partition coefficient (Wildman–Crippen LogP) is 2.51. The van der Waals surface area contributed by atoms with Crippen LogP contribution in [0.5, 0.6) is 23.0 Å². The average molecular weight is 401 g/mol. The van der Waals surface area contributed by atoms with Crippen LogP contribution in [0.4, 0.5) is 0 Å². The van der Waals surface area contributed by atoms with Gasteiger partial charge < -0.3 is 29.0 Å². The van der Waals surface area contributed by atoms with Crippen molar-refractivity contribution in [2.75, 3.05) is 34.0 Å². The van der Waals surface area contributed by atoms with E-state index < -0.39 is 18.5 Å². The molecule has 1 amide bonds. The van der Waals surface area contributed by atoms with Gasteiger partial charge in [0.15, 0.2) is 18.1 Å². The summed E-state index contributed by atoms with van der Waals surface area (Å²) in [5, 5.41) is 2.78. The van der Waals surface area contributed by atoms with Crippen LogP contribution in [0.15, 0.2) is 36.4 Å². The van der Waals surface area contributed by atoms with Gasteiger partial charge in [0.25, 0.3) is 5.91 Å². The number of hydrogen-bond donors (Lipinski definition) is 1. The van der Waals surface area contributed by atoms with E-state index in [1.54, 1.807) is 57.5 Å². The first-order valence-electron chi connectivity index (χ1n) is 9.10. The molecule has 1 N–H and O–H groups in total. The topological polar surface area (TPSA) is 92.3 Å². The maximum absolute atomic E-state index is 12.2. The number of benzene rings is 2. The molecular formula is C21H23NO7. The lowest BCUT2D eigenvalue weighted by molar-refractivity contribution is -0.124. The first kappa shape index (κ1) is 20.3. The Kier molecular flexibility index (Phi) is 6.43. The fraction of sp³-hybridized carbons (Fsp3) is 0.333. The van der Waals surface area contributed by atoms with Gasteiger partial charge >= 0.3 is 5.97 Å². The second kappa shape index (κ2) is 9.18. The largest absolute Gasteiger partial charge is 0.497 e. The van der Waals surface area contributed by atoms with Gasteiger partial charge in [0.2, 0.25) is 0 Å². The molecule has 1 atom stereocenters. The highest BCUT2D eigenvalue weighted by Gasteiger charge is 2.19. The molecule has 0 spiro atoms. The van der Waals surface area contributed by atoms with Gasteiger partial charge in [-0.25, -0.2) is 4.79 Å². The van der Waals surface area contributed by atoms with Crippen molar-refractivity contribution in [3.63, 3.8) is 0 Å². The van der Waals surface area contributed by atoms with Gasteiger partial charge in [-0.15, -0.1) is 0 Å². The highest BCUT2D eigenvalue weighted by molar-refractivity contribution is 5.92. The Bertz CT molecular complexity index is 897. The zero-order valence-electron chi connectivity index (χ0n) is 16.5. The minimum atomic E-state index is -0.622. The van der Waals surface area contributed by atoms with Crippen LogP contribution in [0.2, 0.25) is 0 Å². The van der Waals surface area contributed by atoms with Crippen molar-refractivity contribution in [1.82, 2.24) is 5.32 Å². The van der Waals surface area contributed by atoms with Crippen LogP contribution in [0.1, 0.15) is 28.9 Å². The monoisotopic (exact) mass is 401 g/mol. The van der Waals surface area contributed by atoms with Crippen LogP contribution >= 0.6 is 0 Å². The third-order valence-corrected chi connectivity index (χ3v) is 4.39. The van der Waals surface area contributed by atoms with Gasteiger partial charge in [0.1, 0.15) is 24.7 Å². The molecule has 29 heavy (non-hydrogen) atoms. The molecule has 1 aliphatic rings. The molecule has 154 valence electrons. The number of rotatable bonds is 7. The molecule has 0 fully saturated rings. The van der Waals surface area contributed by atoms with Crippen LogP contribution < -0.4 is 24.3 Å². The number of carbonyl (C=O) groups excluding carboxylic acids is 2. The Morgan fingerprint density at radius 2 is 1.79 bits per heavy atom. The maximum Gasteiger partial charge on any atom is 0.338 e. The van der Waals surface area contributed by atoms with Gasteiger partial charge in [-0.1, -0.05) is 0 Å². The number of amides is 1. The highest BCUT2D eigenvalue weighted by atomic mass is 16.6. The molecule has 0 unspecified atom stereocenters. The number of methoxy groups -OCH3 is 2. The minimum absolute atomic E-state index is 0.282. The van der Waals surface area contributed by atoms with Gasteiger partial charge in [-0.2, -0.15) is 0 Å². The third-order valence-electron chi connectivity index (χ3n) is 4.39. The molecule has 0 saturated heterocycles. The molecule has 3 rings (SSSR count). The lowest BCUT2D eigenvalue weighted by atomic mass is 10.1. The highest BCUT2D eigenvalue weighted by Crippen LogP contribution is 2.31. The van der Waals surface area contributed by atoms with Crippen molar-refractivity contribution in [3.05, 3.63) is 47.5 Å². The second-order valence-electron chi connectivity index (χ2n) is 6.33. The number of fused-ring (bicyclic) bond motifs is 1. The number of hydrogen-bond acceptors (Lipinski definition) is 7. The smallest absolute Gasteiger partial charge is 0.338 e. The number of ether oxygens (including phenoxy) is 5. The zero-order chi connectivity index (χ0) is 20.8. The van der Waals surface area contributed by atoms with Crippen molar-refractivity contribution < 1.29 is 33.3 Å². The normalized spacial score (nSPS) is 13.2. The van der Waals surface area contributed by atoms with E-state index in [0.717, 1.165) is 5.56 Å². The van der Waals surface area contributed by atoms with Crippen molar-refractivity contribution in [2.45, 2.75) is 13.0 Å². The summed E-state index contributed by atoms with van der Waals surface area (Å²) >= 11 is 0. The van der Waals surface area contributed by atoms with E-state index in [0.29, 0.717) is 36.2 Å². The fourth-order valence-corrected chi connectivity index (χ4v) is 2.92. The summed E-state index contributed by atoms with van der Waals surface area (Å²) in [5.41, 5.74) is 1.03. The first-order chi connectivity index (χ1) is 14.0. The Morgan fingerprint density at radius 1 is 1.03 bits per heavy atom. The molecule has 1 heterocycles. The lowest BCUT2D eigenvalue weighted by Gasteiger charge is -2.19. The number of nitrogens with one attached hydrogen (secondary N) is 1. The van der Waals surface area contributed by atoms with Gasteiger partial charge in [-0.3, -0.25) is 4.79 Å². The SMILES string of the molecule is COc1ccc(OC)c([C@H](C)NC(=O)COC(=O)c2ccc3c(c2)OCCO3)c1. The summed E-state index contributed by atoms with van der Waals surface area (Å²) in [6, 6.07) is 9.69. The standard InChI is InChI=1S/C21H23NO7/c1-13(16-11-15(25-2)5-7-17(16)26-3)22-20(23)12-29-21(24)14-4-6-18-19(10-14)28-9-8-27-18/h4-7,10-11,13H,8-9,12H2,1-3H3,(H,22,23)/t13-/m0/s1. The van der Waals surface area contributed by atoms with Crippen LogP contribution in [0, 0.1) is 0 Å². The Morgan fingerprint density at radius 3 is 2.52 bits per heavy atom. The average Bonchev–Trinajstić information content (AvgIpc) is 2.76. The summed E-state index contributed by atoms with van der Waals surface area (Å²) in [7, 11) is 3.11. The molecule has 2 aromatic rings. The molecule has 8 nitrogen and oxygen atoms in total. The van der Waals surface area contributed by atoms with Crippen LogP contribution in [0.3, 0.4) is 0 Å². The van der Waals surface area contributed by atoms with Crippen molar-refractivity contribution in [1.29, 1.82) is 0 Å². The molecule has 2 aromatic carbocycles. The molecular weight excluding hydrogens is 378 g/mol. The van der Waals surface area contributed by atoms with E-state index in [1.165, 1.54) is 0 Å². The van der Waals surface area contributed by atoms with Gasteiger partial charge in [0, 0.05) is 5.56 Å². The van der Waals surface area contributed by atoms with E-state index in [4.69, 9.17) is 23.7 Å². The first-order valence-corrected chi connectivity index (χ1v) is 9.10. The second-order valence-corrected chi connectivity index (χ2v) is 6.33. The van der Waals surface area contributed by atoms with E-state index in [9.17, 15) is 9.59 Å². The van der Waals surface area contributed by atoms with Crippen LogP contribution in [-0.2, 0) is 9.53 Å². The molecule has 0 bridgehead atoms. The minimum Gasteiger partial charge on any atom is -0.497 e. The van der Waals surface area contributed by atoms with Crippen LogP contribution in [-0.4, -0.2) is 45.9 Å². The summed E-state index contributed by atoms with van der Waals surface area (Å²) in [6.07, 6.45) is 0. The zero-order valence-corrected chi connectivity index (χ0v) is 16.5. The molecule has 0 radical (unpaired) electrons. The number of esters is 1. The van der Waals surface area contributed by atoms with Crippen molar-refractivity contribution >= 4 is 11.9 Å². The molecule has 1 aliphatic heterocycles. The summed E-state index contributed by atoms with van der Waals surface area (Å²) in [6.45, 7) is 2.27.